The van der Waals surface area contributed by atoms with Crippen LogP contribution in [0.2, 0.25) is 0 Å². The highest BCUT2D eigenvalue weighted by molar-refractivity contribution is 6.06. The molecular weight excluding hydrogens is 352 g/mol. The Labute approximate surface area is 156 Å². The summed E-state index contributed by atoms with van der Waals surface area (Å²) in [6.07, 6.45) is 3.76. The topological polar surface area (TPSA) is 121 Å². The number of hydrogen-bond donors (Lipinski definition) is 2. The first-order valence-electron chi connectivity index (χ1n) is 9.38. The summed E-state index contributed by atoms with van der Waals surface area (Å²) < 4.78 is 5.33. The Kier molecular flexibility index (Phi) is 4.37. The molecule has 0 bridgehead atoms. The average molecular weight is 376 g/mol. The van der Waals surface area contributed by atoms with Gasteiger partial charge in [0.25, 0.3) is 17.6 Å². The van der Waals surface area contributed by atoms with Gasteiger partial charge in [0, 0.05) is 19.1 Å². The maximum atomic E-state index is 12.3. The van der Waals surface area contributed by atoms with Crippen LogP contribution in [0.4, 0.5) is 4.79 Å². The van der Waals surface area contributed by atoms with E-state index in [1.54, 1.807) is 13.8 Å². The van der Waals surface area contributed by atoms with Gasteiger partial charge in [0.2, 0.25) is 5.89 Å². The molecule has 3 heterocycles. The Bertz CT molecular complexity index is 771. The van der Waals surface area contributed by atoms with Crippen molar-refractivity contribution in [1.82, 2.24) is 30.6 Å². The van der Waals surface area contributed by atoms with Crippen molar-refractivity contribution in [2.24, 2.45) is 0 Å². The highest BCUT2D eigenvalue weighted by Crippen LogP contribution is 2.31. The summed E-state index contributed by atoms with van der Waals surface area (Å²) in [6.45, 7) is 5.01. The Morgan fingerprint density at radius 1 is 1.30 bits per heavy atom. The Morgan fingerprint density at radius 3 is 2.74 bits per heavy atom. The molecule has 2 aliphatic heterocycles. The summed E-state index contributed by atoms with van der Waals surface area (Å²) in [7, 11) is 0. The molecule has 3 fully saturated rings. The number of rotatable bonds is 6. The van der Waals surface area contributed by atoms with Crippen LogP contribution in [0.3, 0.4) is 0 Å². The molecule has 1 aromatic heterocycles. The minimum atomic E-state index is -0.863. The highest BCUT2D eigenvalue weighted by atomic mass is 16.5. The second-order valence-corrected chi connectivity index (χ2v) is 7.91. The first kappa shape index (κ1) is 17.9. The second-order valence-electron chi connectivity index (χ2n) is 7.91. The summed E-state index contributed by atoms with van der Waals surface area (Å²) in [5.74, 6) is -0.0655. The van der Waals surface area contributed by atoms with E-state index in [0.29, 0.717) is 19.0 Å². The van der Waals surface area contributed by atoms with Crippen molar-refractivity contribution in [3.05, 3.63) is 11.7 Å². The Balaban J connectivity index is 1.38. The summed E-state index contributed by atoms with van der Waals surface area (Å²) in [5.41, 5.74) is -0.863. The van der Waals surface area contributed by atoms with Gasteiger partial charge in [-0.1, -0.05) is 5.16 Å². The van der Waals surface area contributed by atoms with E-state index in [9.17, 15) is 14.4 Å². The predicted octanol–water partition coefficient (Wildman–Crippen LogP) is 0.429. The molecule has 10 nitrogen and oxygen atoms in total. The molecule has 1 aliphatic carbocycles. The third-order valence-electron chi connectivity index (χ3n) is 5.26. The normalized spacial score (nSPS) is 25.1. The van der Waals surface area contributed by atoms with E-state index in [4.69, 9.17) is 4.52 Å². The highest BCUT2D eigenvalue weighted by Gasteiger charge is 2.44. The quantitative estimate of drug-likeness (QED) is 0.691. The zero-order valence-corrected chi connectivity index (χ0v) is 15.5. The smallest absolute Gasteiger partial charge is 0.325 e. The average Bonchev–Trinajstić information content (AvgIpc) is 3.05. The van der Waals surface area contributed by atoms with Crippen molar-refractivity contribution in [1.29, 1.82) is 0 Å². The minimum absolute atomic E-state index is 0.0552. The first-order chi connectivity index (χ1) is 12.8. The first-order valence-corrected chi connectivity index (χ1v) is 9.38. The van der Waals surface area contributed by atoms with Crippen molar-refractivity contribution in [3.63, 3.8) is 0 Å². The van der Waals surface area contributed by atoms with E-state index in [0.717, 1.165) is 32.2 Å². The Hall–Kier alpha value is -2.49. The fourth-order valence-corrected chi connectivity index (χ4v) is 3.56. The Morgan fingerprint density at radius 2 is 2.07 bits per heavy atom. The molecule has 0 unspecified atom stereocenters. The maximum absolute atomic E-state index is 12.3. The fraction of sp³-hybridized carbons (Fsp3) is 0.706. The molecule has 0 aromatic carbocycles. The number of nitrogens with zero attached hydrogens (tertiary/aromatic N) is 4. The number of imide groups is 1. The molecule has 10 heteroatoms. The third kappa shape index (κ3) is 3.53. The van der Waals surface area contributed by atoms with Gasteiger partial charge in [-0.3, -0.25) is 19.4 Å². The summed E-state index contributed by atoms with van der Waals surface area (Å²) in [6, 6.07) is -0.234. The molecule has 3 aliphatic rings. The van der Waals surface area contributed by atoms with Gasteiger partial charge in [0.15, 0.2) is 0 Å². The van der Waals surface area contributed by atoms with Crippen LogP contribution in [0.5, 0.6) is 0 Å². The summed E-state index contributed by atoms with van der Waals surface area (Å²) in [4.78, 5) is 44.0. The van der Waals surface area contributed by atoms with E-state index in [1.165, 1.54) is 4.90 Å². The zero-order chi connectivity index (χ0) is 19.2. The maximum Gasteiger partial charge on any atom is 0.325 e. The summed E-state index contributed by atoms with van der Waals surface area (Å²) >= 11 is 0. The lowest BCUT2D eigenvalue weighted by atomic mass is 10.1. The van der Waals surface area contributed by atoms with Crippen molar-refractivity contribution in [2.45, 2.75) is 57.2 Å². The van der Waals surface area contributed by atoms with Gasteiger partial charge in [-0.15, -0.1) is 0 Å². The number of urea groups is 1. The van der Waals surface area contributed by atoms with Gasteiger partial charge >= 0.3 is 6.03 Å². The number of amides is 4. The van der Waals surface area contributed by atoms with Crippen LogP contribution in [-0.2, 0) is 4.79 Å². The molecule has 1 atom stereocenters. The molecule has 2 saturated heterocycles. The number of likely N-dealkylation sites (tertiary alicyclic amines) is 1. The molecule has 0 radical (unpaired) electrons. The minimum Gasteiger partial charge on any atom is -0.346 e. The molecule has 2 N–H and O–H groups in total. The van der Waals surface area contributed by atoms with Crippen LogP contribution in [0, 0.1) is 0 Å². The van der Waals surface area contributed by atoms with E-state index >= 15 is 0 Å². The SMILES string of the molecule is CC1(C)NC(=O)N(CCN2CCC[C@@H]2c2nc(C(=O)NC3CC3)no2)C1=O. The molecular formula is C17H24N6O4. The van der Waals surface area contributed by atoms with Gasteiger partial charge in [0.1, 0.15) is 5.54 Å². The van der Waals surface area contributed by atoms with Crippen LogP contribution in [0.1, 0.15) is 62.1 Å². The van der Waals surface area contributed by atoms with Gasteiger partial charge in [-0.05, 0) is 46.1 Å². The van der Waals surface area contributed by atoms with Crippen molar-refractivity contribution < 1.29 is 18.9 Å². The zero-order valence-electron chi connectivity index (χ0n) is 15.5. The fourth-order valence-electron chi connectivity index (χ4n) is 3.56. The predicted molar refractivity (Wildman–Crippen MR) is 92.7 cm³/mol. The van der Waals surface area contributed by atoms with E-state index in [-0.39, 0.29) is 35.8 Å². The monoisotopic (exact) mass is 376 g/mol. The second kappa shape index (κ2) is 6.59. The van der Waals surface area contributed by atoms with Gasteiger partial charge in [-0.25, -0.2) is 4.79 Å². The van der Waals surface area contributed by atoms with E-state index in [1.807, 2.05) is 0 Å². The van der Waals surface area contributed by atoms with Crippen molar-refractivity contribution >= 4 is 17.8 Å². The molecule has 146 valence electrons. The number of hydrogen-bond acceptors (Lipinski definition) is 7. The van der Waals surface area contributed by atoms with Crippen molar-refractivity contribution in [2.75, 3.05) is 19.6 Å². The standard InChI is InChI=1S/C17H24N6O4/c1-17(2)15(25)23(16(26)20-17)9-8-22-7-3-4-11(22)14-19-12(21-27-14)13(24)18-10-5-6-10/h10-11H,3-9H2,1-2H3,(H,18,24)(H,20,26)/t11-/m1/s1. The summed E-state index contributed by atoms with van der Waals surface area (Å²) in [5, 5.41) is 9.32. The molecule has 1 aromatic rings. The third-order valence-corrected chi connectivity index (χ3v) is 5.26. The number of carbonyl (C=O) groups excluding carboxylic acids is 3. The van der Waals surface area contributed by atoms with Crippen LogP contribution < -0.4 is 10.6 Å². The van der Waals surface area contributed by atoms with Crippen molar-refractivity contribution in [3.8, 4) is 0 Å². The molecule has 4 amide bonds. The number of aromatic nitrogens is 2. The lowest BCUT2D eigenvalue weighted by molar-refractivity contribution is -0.130. The lowest BCUT2D eigenvalue weighted by Crippen LogP contribution is -2.41. The number of nitrogens with one attached hydrogen (secondary N) is 2. The van der Waals surface area contributed by atoms with Crippen LogP contribution in [0.25, 0.3) is 0 Å². The molecule has 27 heavy (non-hydrogen) atoms. The van der Waals surface area contributed by atoms with Crippen LogP contribution >= 0.6 is 0 Å². The van der Waals surface area contributed by atoms with Crippen LogP contribution in [-0.4, -0.2) is 69.0 Å². The van der Waals surface area contributed by atoms with E-state index in [2.05, 4.69) is 25.7 Å². The van der Waals surface area contributed by atoms with Crippen LogP contribution in [0.15, 0.2) is 4.52 Å². The molecule has 1 saturated carbocycles. The molecule has 4 rings (SSSR count). The van der Waals surface area contributed by atoms with E-state index < -0.39 is 5.54 Å². The lowest BCUT2D eigenvalue weighted by Gasteiger charge is -2.24. The van der Waals surface area contributed by atoms with Gasteiger partial charge in [0.05, 0.1) is 6.04 Å². The van der Waals surface area contributed by atoms with Gasteiger partial charge in [-0.2, -0.15) is 4.98 Å². The number of carbonyl (C=O) groups is 3. The molecule has 0 spiro atoms. The largest absolute Gasteiger partial charge is 0.346 e. The van der Waals surface area contributed by atoms with Gasteiger partial charge < -0.3 is 15.2 Å².